The molecule has 0 bridgehead atoms. The highest BCUT2D eigenvalue weighted by molar-refractivity contribution is 5.59. The summed E-state index contributed by atoms with van der Waals surface area (Å²) in [5.41, 5.74) is 0. The summed E-state index contributed by atoms with van der Waals surface area (Å²) in [5, 5.41) is 0. The minimum atomic E-state index is -1.59. The second kappa shape index (κ2) is 6.88. The molecule has 0 N–H and O–H groups in total. The van der Waals surface area contributed by atoms with E-state index in [-0.39, 0.29) is 0 Å². The van der Waals surface area contributed by atoms with Crippen LogP contribution in [-0.2, 0) is 9.47 Å². The number of unbranched alkanes of at least 4 members (excludes halogenated alkanes) is 2. The molecule has 0 aliphatic carbocycles. The minimum Gasteiger partial charge on any atom is -0.434 e. The lowest BCUT2D eigenvalue weighted by Crippen LogP contribution is -2.12. The number of alkyl halides is 1. The first kappa shape index (κ1) is 11.2. The fourth-order valence-electron chi connectivity index (χ4n) is 0.674. The van der Waals surface area contributed by atoms with E-state index in [9.17, 15) is 9.18 Å². The lowest BCUT2D eigenvalue weighted by Gasteiger charge is -2.05. The van der Waals surface area contributed by atoms with E-state index >= 15 is 0 Å². The summed E-state index contributed by atoms with van der Waals surface area (Å²) < 4.78 is 20.7. The molecule has 3 nitrogen and oxygen atoms in total. The molecule has 1 unspecified atom stereocenters. The maximum Gasteiger partial charge on any atom is 0.510 e. The summed E-state index contributed by atoms with van der Waals surface area (Å²) in [4.78, 5) is 10.5. The summed E-state index contributed by atoms with van der Waals surface area (Å²) >= 11 is 0. The summed E-state index contributed by atoms with van der Waals surface area (Å²) in [5.74, 6) is 0. The SMILES string of the molecule is CCCCCOC(=O)OC(C)F. The van der Waals surface area contributed by atoms with Gasteiger partial charge in [-0.25, -0.2) is 9.18 Å². The van der Waals surface area contributed by atoms with Crippen molar-refractivity contribution in [3.05, 3.63) is 0 Å². The van der Waals surface area contributed by atoms with Crippen LogP contribution in [0, 0.1) is 0 Å². The van der Waals surface area contributed by atoms with Crippen molar-refractivity contribution in [2.75, 3.05) is 6.61 Å². The van der Waals surface area contributed by atoms with Crippen LogP contribution in [0.1, 0.15) is 33.1 Å². The number of halogens is 1. The zero-order valence-electron chi connectivity index (χ0n) is 7.51. The van der Waals surface area contributed by atoms with Gasteiger partial charge in [-0.1, -0.05) is 19.8 Å². The zero-order valence-corrected chi connectivity index (χ0v) is 7.51. The van der Waals surface area contributed by atoms with E-state index < -0.39 is 12.5 Å². The number of hydrogen-bond acceptors (Lipinski definition) is 3. The molecule has 0 fully saturated rings. The van der Waals surface area contributed by atoms with E-state index in [4.69, 9.17) is 0 Å². The third-order valence-corrected chi connectivity index (χ3v) is 1.23. The zero-order chi connectivity index (χ0) is 9.40. The molecule has 0 aliphatic rings. The molecule has 0 saturated heterocycles. The van der Waals surface area contributed by atoms with Gasteiger partial charge >= 0.3 is 6.16 Å². The smallest absolute Gasteiger partial charge is 0.434 e. The molecule has 12 heavy (non-hydrogen) atoms. The van der Waals surface area contributed by atoms with Crippen molar-refractivity contribution in [1.82, 2.24) is 0 Å². The van der Waals surface area contributed by atoms with Crippen molar-refractivity contribution >= 4 is 6.16 Å². The van der Waals surface area contributed by atoms with Gasteiger partial charge in [0.05, 0.1) is 6.61 Å². The predicted molar refractivity (Wildman–Crippen MR) is 42.5 cm³/mol. The van der Waals surface area contributed by atoms with Crippen molar-refractivity contribution in [3.63, 3.8) is 0 Å². The molecular weight excluding hydrogens is 163 g/mol. The molecule has 0 aliphatic heterocycles. The second-order valence-corrected chi connectivity index (χ2v) is 2.47. The lowest BCUT2D eigenvalue weighted by molar-refractivity contribution is -0.0214. The van der Waals surface area contributed by atoms with E-state index in [0.717, 1.165) is 26.2 Å². The predicted octanol–water partition coefficient (Wildman–Crippen LogP) is 2.65. The Hall–Kier alpha value is -0.800. The molecule has 0 aromatic heterocycles. The largest absolute Gasteiger partial charge is 0.510 e. The van der Waals surface area contributed by atoms with Gasteiger partial charge in [-0.3, -0.25) is 0 Å². The first-order valence-electron chi connectivity index (χ1n) is 4.14. The standard InChI is InChI=1S/C8H15FO3/c1-3-4-5-6-11-8(10)12-7(2)9/h7H,3-6H2,1-2H3. The van der Waals surface area contributed by atoms with Crippen LogP contribution in [0.3, 0.4) is 0 Å². The van der Waals surface area contributed by atoms with E-state index in [1.807, 2.05) is 6.92 Å². The molecule has 4 heteroatoms. The Labute approximate surface area is 71.8 Å². The van der Waals surface area contributed by atoms with Crippen LogP contribution >= 0.6 is 0 Å². The first-order chi connectivity index (χ1) is 5.66. The number of rotatable bonds is 5. The third-order valence-electron chi connectivity index (χ3n) is 1.23. The van der Waals surface area contributed by atoms with E-state index in [2.05, 4.69) is 9.47 Å². The molecule has 0 aromatic rings. The normalized spacial score (nSPS) is 12.2. The van der Waals surface area contributed by atoms with Crippen molar-refractivity contribution < 1.29 is 18.7 Å². The Balaban J connectivity index is 3.20. The average molecular weight is 178 g/mol. The highest BCUT2D eigenvalue weighted by Crippen LogP contribution is 1.98. The molecule has 1 atom stereocenters. The van der Waals surface area contributed by atoms with Gasteiger partial charge in [-0.15, -0.1) is 0 Å². The Morgan fingerprint density at radius 2 is 2.17 bits per heavy atom. The van der Waals surface area contributed by atoms with Crippen LogP contribution in [0.15, 0.2) is 0 Å². The quantitative estimate of drug-likeness (QED) is 0.479. The van der Waals surface area contributed by atoms with Gasteiger partial charge in [0.1, 0.15) is 0 Å². The van der Waals surface area contributed by atoms with E-state index in [0.29, 0.717) is 6.61 Å². The first-order valence-corrected chi connectivity index (χ1v) is 4.14. The highest BCUT2D eigenvalue weighted by Gasteiger charge is 2.07. The van der Waals surface area contributed by atoms with Gasteiger partial charge in [-0.2, -0.15) is 0 Å². The molecule has 0 radical (unpaired) electrons. The van der Waals surface area contributed by atoms with Gasteiger partial charge in [0.25, 0.3) is 0 Å². The molecule has 0 saturated carbocycles. The van der Waals surface area contributed by atoms with Crippen molar-refractivity contribution in [2.45, 2.75) is 39.5 Å². The summed E-state index contributed by atoms with van der Waals surface area (Å²) in [7, 11) is 0. The minimum absolute atomic E-state index is 0.305. The van der Waals surface area contributed by atoms with Crippen LogP contribution in [0.5, 0.6) is 0 Å². The molecule has 0 amide bonds. The third kappa shape index (κ3) is 7.31. The molecule has 0 spiro atoms. The van der Waals surface area contributed by atoms with Crippen LogP contribution in [0.4, 0.5) is 9.18 Å². The Morgan fingerprint density at radius 3 is 2.67 bits per heavy atom. The number of carbonyl (C=O) groups is 1. The summed E-state index contributed by atoms with van der Waals surface area (Å²) in [6, 6.07) is 0. The topological polar surface area (TPSA) is 35.5 Å². The van der Waals surface area contributed by atoms with E-state index in [1.54, 1.807) is 0 Å². The summed E-state index contributed by atoms with van der Waals surface area (Å²) in [6.45, 7) is 3.48. The molecule has 72 valence electrons. The highest BCUT2D eigenvalue weighted by atomic mass is 19.1. The van der Waals surface area contributed by atoms with Gasteiger partial charge in [-0.05, 0) is 6.42 Å². The molecule has 0 rings (SSSR count). The van der Waals surface area contributed by atoms with Crippen molar-refractivity contribution in [3.8, 4) is 0 Å². The molecular formula is C8H15FO3. The fraction of sp³-hybridized carbons (Fsp3) is 0.875. The van der Waals surface area contributed by atoms with Crippen LogP contribution in [0.2, 0.25) is 0 Å². The Bertz CT molecular complexity index is 125. The molecule has 0 heterocycles. The van der Waals surface area contributed by atoms with Gasteiger partial charge < -0.3 is 9.47 Å². The van der Waals surface area contributed by atoms with Crippen LogP contribution < -0.4 is 0 Å². The van der Waals surface area contributed by atoms with Gasteiger partial charge in [0.2, 0.25) is 6.36 Å². The lowest BCUT2D eigenvalue weighted by atomic mass is 10.3. The maximum absolute atomic E-state index is 12.0. The van der Waals surface area contributed by atoms with Crippen molar-refractivity contribution in [2.24, 2.45) is 0 Å². The maximum atomic E-state index is 12.0. The van der Waals surface area contributed by atoms with Crippen LogP contribution in [0.25, 0.3) is 0 Å². The Morgan fingerprint density at radius 1 is 1.50 bits per heavy atom. The summed E-state index contributed by atoms with van der Waals surface area (Å²) in [6.07, 6.45) is 0.326. The fourth-order valence-corrected chi connectivity index (χ4v) is 0.674. The van der Waals surface area contributed by atoms with Gasteiger partial charge in [0.15, 0.2) is 0 Å². The Kier molecular flexibility index (Phi) is 6.42. The number of ether oxygens (including phenoxy) is 2. The monoisotopic (exact) mass is 178 g/mol. The van der Waals surface area contributed by atoms with Gasteiger partial charge in [0, 0.05) is 6.92 Å². The average Bonchev–Trinajstić information content (AvgIpc) is 1.97. The number of hydrogen-bond donors (Lipinski definition) is 0. The number of carbonyl (C=O) groups excluding carboxylic acids is 1. The van der Waals surface area contributed by atoms with E-state index in [1.165, 1.54) is 0 Å². The van der Waals surface area contributed by atoms with Crippen LogP contribution in [-0.4, -0.2) is 19.1 Å². The second-order valence-electron chi connectivity index (χ2n) is 2.47. The van der Waals surface area contributed by atoms with Crippen molar-refractivity contribution in [1.29, 1.82) is 0 Å². The molecule has 0 aromatic carbocycles.